The second-order valence-corrected chi connectivity index (χ2v) is 7.98. The molecule has 1 aromatic heterocycles. The van der Waals surface area contributed by atoms with Gasteiger partial charge in [0.1, 0.15) is 5.82 Å². The molecule has 154 valence electrons. The minimum Gasteiger partial charge on any atom is -0.323 e. The highest BCUT2D eigenvalue weighted by molar-refractivity contribution is 9.10. The van der Waals surface area contributed by atoms with Crippen LogP contribution in [-0.2, 0) is 9.59 Å². The Bertz CT molecular complexity index is 1150. The number of benzene rings is 2. The number of nitrogens with one attached hydrogen (secondary N) is 1. The van der Waals surface area contributed by atoms with Crippen molar-refractivity contribution in [2.24, 2.45) is 5.92 Å². The number of nitrogens with zero attached hydrogens (tertiary/aromatic N) is 5. The van der Waals surface area contributed by atoms with E-state index in [-0.39, 0.29) is 24.6 Å². The molecule has 0 radical (unpaired) electrons. The van der Waals surface area contributed by atoms with Gasteiger partial charge in [-0.05, 0) is 66.2 Å². The van der Waals surface area contributed by atoms with E-state index in [9.17, 15) is 14.0 Å². The average Bonchev–Trinajstić information content (AvgIpc) is 3.31. The zero-order chi connectivity index (χ0) is 21.4. The highest BCUT2D eigenvalue weighted by Gasteiger charge is 2.35. The summed E-state index contributed by atoms with van der Waals surface area (Å²) in [5.74, 6) is -1.19. The zero-order valence-electron chi connectivity index (χ0n) is 16.3. The van der Waals surface area contributed by atoms with Gasteiger partial charge in [-0.15, -0.1) is 5.10 Å². The number of aryl methyl sites for hydroxylation is 2. The molecule has 0 saturated carbocycles. The van der Waals surface area contributed by atoms with Crippen LogP contribution in [0.3, 0.4) is 0 Å². The predicted octanol–water partition coefficient (Wildman–Crippen LogP) is 3.17. The Balaban J connectivity index is 1.51. The van der Waals surface area contributed by atoms with E-state index < -0.39 is 17.6 Å². The predicted molar refractivity (Wildman–Crippen MR) is 112 cm³/mol. The first kappa shape index (κ1) is 20.1. The average molecular weight is 473 g/mol. The fraction of sp³-hybridized carbons (Fsp3) is 0.250. The fourth-order valence-electron chi connectivity index (χ4n) is 3.38. The SMILES string of the molecule is Cc1cc(N2CC(C(=O)Nc3cc(-n4nnnc4C)ccc3F)CC2=O)ccc1Br. The molecular weight excluding hydrogens is 455 g/mol. The molecule has 1 N–H and O–H groups in total. The van der Waals surface area contributed by atoms with Gasteiger partial charge >= 0.3 is 0 Å². The van der Waals surface area contributed by atoms with E-state index in [4.69, 9.17) is 0 Å². The molecule has 1 fully saturated rings. The van der Waals surface area contributed by atoms with Crippen LogP contribution in [0.4, 0.5) is 15.8 Å². The third kappa shape index (κ3) is 3.82. The number of carbonyl (C=O) groups is 2. The number of anilines is 2. The standard InChI is InChI=1S/C20H18BrFN6O2/c1-11-7-14(3-5-16(11)21)27-10-13(8-19(27)29)20(30)23-18-9-15(4-6-17(18)22)28-12(2)24-25-26-28/h3-7,9,13H,8,10H2,1-2H3,(H,23,30). The number of rotatable bonds is 4. The first-order valence-electron chi connectivity index (χ1n) is 9.26. The molecule has 8 nitrogen and oxygen atoms in total. The van der Waals surface area contributed by atoms with Crippen LogP contribution < -0.4 is 10.2 Å². The van der Waals surface area contributed by atoms with Crippen LogP contribution in [0.15, 0.2) is 40.9 Å². The van der Waals surface area contributed by atoms with Gasteiger partial charge in [0.15, 0.2) is 5.82 Å². The van der Waals surface area contributed by atoms with Crippen molar-refractivity contribution >= 4 is 39.1 Å². The molecule has 0 aliphatic carbocycles. The van der Waals surface area contributed by atoms with E-state index >= 15 is 0 Å². The number of amides is 2. The smallest absolute Gasteiger partial charge is 0.229 e. The second-order valence-electron chi connectivity index (χ2n) is 7.13. The monoisotopic (exact) mass is 472 g/mol. The number of hydrogen-bond donors (Lipinski definition) is 1. The summed E-state index contributed by atoms with van der Waals surface area (Å²) in [7, 11) is 0. The second kappa shape index (κ2) is 7.94. The summed E-state index contributed by atoms with van der Waals surface area (Å²) in [4.78, 5) is 26.8. The van der Waals surface area contributed by atoms with Gasteiger partial charge in [-0.2, -0.15) is 4.68 Å². The first-order chi connectivity index (χ1) is 14.3. The van der Waals surface area contributed by atoms with Crippen molar-refractivity contribution in [3.8, 4) is 5.69 Å². The number of hydrogen-bond acceptors (Lipinski definition) is 5. The topological polar surface area (TPSA) is 93.0 Å². The van der Waals surface area contributed by atoms with Crippen molar-refractivity contribution in [3.63, 3.8) is 0 Å². The molecular formula is C20H18BrFN6O2. The van der Waals surface area contributed by atoms with Crippen molar-refractivity contribution < 1.29 is 14.0 Å². The number of carbonyl (C=O) groups excluding carboxylic acids is 2. The summed E-state index contributed by atoms with van der Waals surface area (Å²) in [6, 6.07) is 9.80. The van der Waals surface area contributed by atoms with Gasteiger partial charge in [0.2, 0.25) is 11.8 Å². The third-order valence-electron chi connectivity index (χ3n) is 5.03. The lowest BCUT2D eigenvalue weighted by Gasteiger charge is -2.18. The van der Waals surface area contributed by atoms with E-state index in [0.717, 1.165) is 15.7 Å². The van der Waals surface area contributed by atoms with Gasteiger partial charge in [-0.1, -0.05) is 15.9 Å². The van der Waals surface area contributed by atoms with Gasteiger partial charge in [-0.3, -0.25) is 9.59 Å². The van der Waals surface area contributed by atoms with Crippen LogP contribution >= 0.6 is 15.9 Å². The highest BCUT2D eigenvalue weighted by Crippen LogP contribution is 2.29. The summed E-state index contributed by atoms with van der Waals surface area (Å²) in [5, 5.41) is 13.8. The summed E-state index contributed by atoms with van der Waals surface area (Å²) in [5.41, 5.74) is 2.25. The van der Waals surface area contributed by atoms with Gasteiger partial charge in [0.05, 0.1) is 17.3 Å². The largest absolute Gasteiger partial charge is 0.323 e. The molecule has 3 aromatic rings. The molecule has 0 bridgehead atoms. The van der Waals surface area contributed by atoms with Gasteiger partial charge < -0.3 is 10.2 Å². The zero-order valence-corrected chi connectivity index (χ0v) is 17.9. The van der Waals surface area contributed by atoms with E-state index in [1.54, 1.807) is 11.8 Å². The van der Waals surface area contributed by atoms with Crippen molar-refractivity contribution in [1.29, 1.82) is 0 Å². The Morgan fingerprint density at radius 1 is 1.20 bits per heavy atom. The summed E-state index contributed by atoms with van der Waals surface area (Å²) in [6.07, 6.45) is 0.0638. The van der Waals surface area contributed by atoms with Gasteiger partial charge in [0.25, 0.3) is 0 Å². The lowest BCUT2D eigenvalue weighted by atomic mass is 10.1. The van der Waals surface area contributed by atoms with Crippen molar-refractivity contribution in [2.75, 3.05) is 16.8 Å². The molecule has 10 heteroatoms. The summed E-state index contributed by atoms with van der Waals surface area (Å²) >= 11 is 3.44. The number of halogens is 2. The van der Waals surface area contributed by atoms with Crippen LogP contribution in [0.1, 0.15) is 17.8 Å². The Kier molecular flexibility index (Phi) is 5.33. The molecule has 1 atom stereocenters. The molecule has 4 rings (SSSR count). The Morgan fingerprint density at radius 3 is 2.67 bits per heavy atom. The molecule has 1 aliphatic rings. The van der Waals surface area contributed by atoms with Crippen LogP contribution in [0.5, 0.6) is 0 Å². The fourth-order valence-corrected chi connectivity index (χ4v) is 3.62. The minimum atomic E-state index is -0.584. The molecule has 0 spiro atoms. The normalized spacial score (nSPS) is 16.2. The Morgan fingerprint density at radius 2 is 1.97 bits per heavy atom. The van der Waals surface area contributed by atoms with Crippen LogP contribution in [-0.4, -0.2) is 38.6 Å². The summed E-state index contributed by atoms with van der Waals surface area (Å²) in [6.45, 7) is 3.88. The van der Waals surface area contributed by atoms with Crippen molar-refractivity contribution in [3.05, 3.63) is 58.1 Å². The summed E-state index contributed by atoms with van der Waals surface area (Å²) < 4.78 is 16.7. The molecule has 1 unspecified atom stereocenters. The lowest BCUT2D eigenvalue weighted by Crippen LogP contribution is -2.28. The molecule has 2 amide bonds. The van der Waals surface area contributed by atoms with Gasteiger partial charge in [-0.25, -0.2) is 4.39 Å². The third-order valence-corrected chi connectivity index (χ3v) is 5.92. The minimum absolute atomic E-state index is 0.0118. The molecule has 1 aliphatic heterocycles. The van der Waals surface area contributed by atoms with E-state index in [2.05, 4.69) is 36.8 Å². The maximum Gasteiger partial charge on any atom is 0.229 e. The van der Waals surface area contributed by atoms with Gasteiger partial charge in [0, 0.05) is 23.1 Å². The maximum atomic E-state index is 14.3. The Labute approximate surface area is 180 Å². The van der Waals surface area contributed by atoms with E-state index in [1.807, 2.05) is 25.1 Å². The molecule has 2 aromatic carbocycles. The van der Waals surface area contributed by atoms with Crippen LogP contribution in [0.2, 0.25) is 0 Å². The molecule has 1 saturated heterocycles. The van der Waals surface area contributed by atoms with Crippen molar-refractivity contribution in [1.82, 2.24) is 20.2 Å². The molecule has 30 heavy (non-hydrogen) atoms. The van der Waals surface area contributed by atoms with Crippen LogP contribution in [0.25, 0.3) is 5.69 Å². The van der Waals surface area contributed by atoms with Crippen LogP contribution in [0, 0.1) is 25.6 Å². The Hall–Kier alpha value is -3.14. The quantitative estimate of drug-likeness (QED) is 0.629. The number of aromatic nitrogens is 4. The highest BCUT2D eigenvalue weighted by atomic mass is 79.9. The lowest BCUT2D eigenvalue weighted by molar-refractivity contribution is -0.122. The maximum absolute atomic E-state index is 14.3. The van der Waals surface area contributed by atoms with E-state index in [1.165, 1.54) is 22.9 Å². The van der Waals surface area contributed by atoms with E-state index in [0.29, 0.717) is 11.5 Å². The first-order valence-corrected chi connectivity index (χ1v) is 10.0. The molecule has 2 heterocycles. The van der Waals surface area contributed by atoms with Crippen molar-refractivity contribution in [2.45, 2.75) is 20.3 Å². The number of tetrazole rings is 1.